The quantitative estimate of drug-likeness (QED) is 0.661. The smallest absolute Gasteiger partial charge is 0.267 e. The first-order valence-corrected chi connectivity index (χ1v) is 9.52. The normalized spacial score (nSPS) is 18.6. The summed E-state index contributed by atoms with van der Waals surface area (Å²) in [6.45, 7) is 2.82. The van der Waals surface area contributed by atoms with E-state index in [0.29, 0.717) is 37.7 Å². The van der Waals surface area contributed by atoms with Crippen molar-refractivity contribution in [2.24, 2.45) is 0 Å². The number of amides is 1. The SMILES string of the molecule is O=C(C1COc2ccccc2O1)N1CCN(c2ccc(-n3ccnc3)nn2)CC1. The molecule has 0 bridgehead atoms. The van der Waals surface area contributed by atoms with Crippen LogP contribution in [0, 0.1) is 0 Å². The van der Waals surface area contributed by atoms with Gasteiger partial charge in [-0.15, -0.1) is 10.2 Å². The number of hydrogen-bond acceptors (Lipinski definition) is 7. The molecular formula is C20H20N6O3. The number of ether oxygens (including phenoxy) is 2. The van der Waals surface area contributed by atoms with Crippen molar-refractivity contribution in [3.63, 3.8) is 0 Å². The number of piperazine rings is 1. The molecule has 0 N–H and O–H groups in total. The Kier molecular flexibility index (Phi) is 4.47. The topological polar surface area (TPSA) is 85.6 Å². The summed E-state index contributed by atoms with van der Waals surface area (Å²) in [6, 6.07) is 11.3. The Morgan fingerprint density at radius 2 is 1.72 bits per heavy atom. The Balaban J connectivity index is 1.19. The standard InChI is InChI=1S/C20H20N6O3/c27-20(17-13-28-15-3-1-2-4-16(15)29-17)25-11-9-24(10-12-25)18-5-6-19(23-22-18)26-8-7-21-14-26/h1-8,14,17H,9-13H2. The number of carbonyl (C=O) groups excluding carboxylic acids is 1. The highest BCUT2D eigenvalue weighted by atomic mass is 16.6. The van der Waals surface area contributed by atoms with E-state index in [1.807, 2.05) is 47.5 Å². The zero-order chi connectivity index (χ0) is 19.6. The second-order valence-corrected chi connectivity index (χ2v) is 6.90. The van der Waals surface area contributed by atoms with E-state index in [1.54, 1.807) is 17.1 Å². The third-order valence-corrected chi connectivity index (χ3v) is 5.10. The predicted molar refractivity (Wildman–Crippen MR) is 104 cm³/mol. The number of hydrogen-bond donors (Lipinski definition) is 0. The number of nitrogens with zero attached hydrogens (tertiary/aromatic N) is 6. The van der Waals surface area contributed by atoms with E-state index in [-0.39, 0.29) is 12.5 Å². The zero-order valence-electron chi connectivity index (χ0n) is 15.7. The Morgan fingerprint density at radius 1 is 0.966 bits per heavy atom. The average molecular weight is 392 g/mol. The molecule has 29 heavy (non-hydrogen) atoms. The van der Waals surface area contributed by atoms with Gasteiger partial charge in [0.25, 0.3) is 5.91 Å². The van der Waals surface area contributed by atoms with Gasteiger partial charge in [-0.3, -0.25) is 9.36 Å². The van der Waals surface area contributed by atoms with Gasteiger partial charge in [-0.1, -0.05) is 12.1 Å². The van der Waals surface area contributed by atoms with Gasteiger partial charge >= 0.3 is 0 Å². The molecule has 4 heterocycles. The van der Waals surface area contributed by atoms with E-state index in [2.05, 4.69) is 20.1 Å². The summed E-state index contributed by atoms with van der Waals surface area (Å²) < 4.78 is 13.3. The van der Waals surface area contributed by atoms with Crippen LogP contribution in [0.1, 0.15) is 0 Å². The Morgan fingerprint density at radius 3 is 2.45 bits per heavy atom. The summed E-state index contributed by atoms with van der Waals surface area (Å²) in [5.74, 6) is 2.77. The molecule has 0 aliphatic carbocycles. The first-order valence-electron chi connectivity index (χ1n) is 9.52. The number of anilines is 1. The molecule has 1 amide bonds. The number of benzene rings is 1. The minimum Gasteiger partial charge on any atom is -0.485 e. The van der Waals surface area contributed by atoms with Crippen molar-refractivity contribution in [1.82, 2.24) is 24.6 Å². The van der Waals surface area contributed by atoms with E-state index >= 15 is 0 Å². The highest BCUT2D eigenvalue weighted by Gasteiger charge is 2.32. The number of fused-ring (bicyclic) bond motifs is 1. The molecule has 0 saturated carbocycles. The zero-order valence-corrected chi connectivity index (χ0v) is 15.7. The van der Waals surface area contributed by atoms with Crippen LogP contribution >= 0.6 is 0 Å². The molecule has 9 heteroatoms. The maximum atomic E-state index is 12.8. The van der Waals surface area contributed by atoms with E-state index in [4.69, 9.17) is 9.47 Å². The third kappa shape index (κ3) is 3.46. The second kappa shape index (κ2) is 7.42. The lowest BCUT2D eigenvalue weighted by molar-refractivity contribution is -0.141. The van der Waals surface area contributed by atoms with Crippen LogP contribution in [0.2, 0.25) is 0 Å². The molecule has 1 unspecified atom stereocenters. The van der Waals surface area contributed by atoms with E-state index < -0.39 is 6.10 Å². The van der Waals surface area contributed by atoms with Gasteiger partial charge in [-0.25, -0.2) is 4.98 Å². The van der Waals surface area contributed by atoms with Gasteiger partial charge in [0.2, 0.25) is 6.10 Å². The van der Waals surface area contributed by atoms with Gasteiger partial charge in [-0.05, 0) is 24.3 Å². The van der Waals surface area contributed by atoms with E-state index in [0.717, 1.165) is 11.6 Å². The lowest BCUT2D eigenvalue weighted by atomic mass is 10.2. The van der Waals surface area contributed by atoms with Crippen LogP contribution in [0.15, 0.2) is 55.1 Å². The van der Waals surface area contributed by atoms with Crippen molar-refractivity contribution in [3.05, 3.63) is 55.1 Å². The van der Waals surface area contributed by atoms with Crippen LogP contribution < -0.4 is 14.4 Å². The van der Waals surface area contributed by atoms with Crippen LogP contribution in [0.4, 0.5) is 5.82 Å². The van der Waals surface area contributed by atoms with E-state index in [1.165, 1.54) is 0 Å². The molecule has 2 aromatic heterocycles. The summed E-state index contributed by atoms with van der Waals surface area (Å²) in [7, 11) is 0. The Bertz CT molecular complexity index is 984. The number of aromatic nitrogens is 4. The van der Waals surface area contributed by atoms with Crippen LogP contribution in [0.25, 0.3) is 5.82 Å². The number of rotatable bonds is 3. The lowest BCUT2D eigenvalue weighted by Gasteiger charge is -2.37. The summed E-state index contributed by atoms with van der Waals surface area (Å²) in [5, 5.41) is 8.58. The molecule has 2 aliphatic heterocycles. The van der Waals surface area contributed by atoms with Crippen molar-refractivity contribution in [3.8, 4) is 17.3 Å². The first kappa shape index (κ1) is 17.5. The van der Waals surface area contributed by atoms with Gasteiger partial charge in [0.1, 0.15) is 12.9 Å². The van der Waals surface area contributed by atoms with Gasteiger partial charge in [0.05, 0.1) is 0 Å². The minimum atomic E-state index is -0.606. The Hall–Kier alpha value is -3.62. The molecule has 148 valence electrons. The van der Waals surface area contributed by atoms with Gasteiger partial charge in [0, 0.05) is 38.6 Å². The molecule has 2 aliphatic rings. The summed E-state index contributed by atoms with van der Waals surface area (Å²) in [5.41, 5.74) is 0. The van der Waals surface area contributed by atoms with Crippen LogP contribution in [-0.4, -0.2) is 69.4 Å². The highest BCUT2D eigenvalue weighted by molar-refractivity contribution is 5.82. The van der Waals surface area contributed by atoms with Crippen molar-refractivity contribution >= 4 is 11.7 Å². The number of carbonyl (C=O) groups is 1. The van der Waals surface area contributed by atoms with E-state index in [9.17, 15) is 4.79 Å². The fourth-order valence-corrected chi connectivity index (χ4v) is 3.52. The van der Waals surface area contributed by atoms with Crippen molar-refractivity contribution in [1.29, 1.82) is 0 Å². The molecule has 0 radical (unpaired) electrons. The molecule has 3 aromatic rings. The van der Waals surface area contributed by atoms with Crippen molar-refractivity contribution < 1.29 is 14.3 Å². The van der Waals surface area contributed by atoms with Crippen LogP contribution in [-0.2, 0) is 4.79 Å². The first-order chi connectivity index (χ1) is 14.3. The summed E-state index contributed by atoms with van der Waals surface area (Å²) in [6.07, 6.45) is 4.60. The molecule has 1 saturated heterocycles. The summed E-state index contributed by atoms with van der Waals surface area (Å²) >= 11 is 0. The van der Waals surface area contributed by atoms with Gasteiger partial charge < -0.3 is 19.3 Å². The molecular weight excluding hydrogens is 372 g/mol. The molecule has 1 fully saturated rings. The van der Waals surface area contributed by atoms with Gasteiger partial charge in [-0.2, -0.15) is 0 Å². The lowest BCUT2D eigenvalue weighted by Crippen LogP contribution is -2.54. The maximum Gasteiger partial charge on any atom is 0.267 e. The van der Waals surface area contributed by atoms with Crippen LogP contribution in [0.3, 0.4) is 0 Å². The molecule has 9 nitrogen and oxygen atoms in total. The van der Waals surface area contributed by atoms with Crippen molar-refractivity contribution in [2.75, 3.05) is 37.7 Å². The number of para-hydroxylation sites is 2. The maximum absolute atomic E-state index is 12.8. The average Bonchev–Trinajstić information content (AvgIpc) is 3.33. The monoisotopic (exact) mass is 392 g/mol. The minimum absolute atomic E-state index is 0.0410. The fourth-order valence-electron chi connectivity index (χ4n) is 3.52. The fraction of sp³-hybridized carbons (Fsp3) is 0.300. The summed E-state index contributed by atoms with van der Waals surface area (Å²) in [4.78, 5) is 20.8. The molecule has 5 rings (SSSR count). The largest absolute Gasteiger partial charge is 0.485 e. The second-order valence-electron chi connectivity index (χ2n) is 6.90. The Labute approximate surface area is 167 Å². The number of imidazole rings is 1. The molecule has 0 spiro atoms. The third-order valence-electron chi connectivity index (χ3n) is 5.10. The molecule has 1 aromatic carbocycles. The van der Waals surface area contributed by atoms with Crippen LogP contribution in [0.5, 0.6) is 11.5 Å². The highest BCUT2D eigenvalue weighted by Crippen LogP contribution is 2.31. The van der Waals surface area contributed by atoms with Crippen molar-refractivity contribution in [2.45, 2.75) is 6.10 Å². The molecule has 1 atom stereocenters. The predicted octanol–water partition coefficient (Wildman–Crippen LogP) is 1.15. The van der Waals surface area contributed by atoms with Gasteiger partial charge in [0.15, 0.2) is 23.1 Å².